The molecule has 0 bridgehead atoms. The molecule has 0 fully saturated rings. The quantitative estimate of drug-likeness (QED) is 0.540. The van der Waals surface area contributed by atoms with E-state index >= 15 is 0 Å². The summed E-state index contributed by atoms with van der Waals surface area (Å²) in [5.74, 6) is 0. The van der Waals surface area contributed by atoms with E-state index in [1.54, 1.807) is 7.11 Å². The Balaban J connectivity index is 3.14. The second-order valence-corrected chi connectivity index (χ2v) is 3.95. The van der Waals surface area contributed by atoms with Crippen LogP contribution in [0.2, 0.25) is 0 Å². The Hall–Kier alpha value is -0.120. The maximum absolute atomic E-state index is 5.59. The van der Waals surface area contributed by atoms with Gasteiger partial charge in [0.05, 0.1) is 12.7 Å². The number of hydrogen-bond acceptors (Lipinski definition) is 3. The zero-order valence-corrected chi connectivity index (χ0v) is 10.3. The fourth-order valence-electron chi connectivity index (χ4n) is 1.50. The molecule has 0 heterocycles. The number of hydrogen-bond donors (Lipinski definition) is 1. The van der Waals surface area contributed by atoms with E-state index in [0.717, 1.165) is 13.0 Å². The molecule has 0 aromatic carbocycles. The predicted octanol–water partition coefficient (Wildman–Crippen LogP) is 2.34. The first kappa shape index (κ1) is 14.9. The van der Waals surface area contributed by atoms with Crippen LogP contribution in [0.25, 0.3) is 0 Å². The lowest BCUT2D eigenvalue weighted by Crippen LogP contribution is -2.28. The van der Waals surface area contributed by atoms with Gasteiger partial charge in [-0.1, -0.05) is 39.0 Å². The van der Waals surface area contributed by atoms with Crippen molar-refractivity contribution in [2.45, 2.75) is 51.6 Å². The standard InChI is InChI=1S/C12H27NO2/c1-3-4-5-6-7-8-9-15-12(10-13)11-14-2/h12H,3-11,13H2,1-2H3. The van der Waals surface area contributed by atoms with Gasteiger partial charge in [0.25, 0.3) is 0 Å². The Bertz CT molecular complexity index is 120. The van der Waals surface area contributed by atoms with Crippen molar-refractivity contribution < 1.29 is 9.47 Å². The molecule has 0 aliphatic heterocycles. The minimum Gasteiger partial charge on any atom is -0.382 e. The molecule has 3 nitrogen and oxygen atoms in total. The molecule has 1 atom stereocenters. The minimum atomic E-state index is 0.0747. The van der Waals surface area contributed by atoms with Gasteiger partial charge in [0.2, 0.25) is 0 Å². The highest BCUT2D eigenvalue weighted by Gasteiger charge is 2.04. The minimum absolute atomic E-state index is 0.0747. The van der Waals surface area contributed by atoms with E-state index < -0.39 is 0 Å². The van der Waals surface area contributed by atoms with E-state index in [0.29, 0.717) is 13.2 Å². The van der Waals surface area contributed by atoms with Crippen LogP contribution in [0.15, 0.2) is 0 Å². The molecule has 0 aliphatic carbocycles. The summed E-state index contributed by atoms with van der Waals surface area (Å²) in [6.45, 7) is 4.20. The van der Waals surface area contributed by atoms with Crippen molar-refractivity contribution in [3.63, 3.8) is 0 Å². The first-order valence-corrected chi connectivity index (χ1v) is 6.15. The van der Waals surface area contributed by atoms with Crippen LogP contribution in [0.4, 0.5) is 0 Å². The van der Waals surface area contributed by atoms with Crippen LogP contribution in [0.3, 0.4) is 0 Å². The highest BCUT2D eigenvalue weighted by Crippen LogP contribution is 2.05. The van der Waals surface area contributed by atoms with E-state index in [1.165, 1.54) is 32.1 Å². The maximum Gasteiger partial charge on any atom is 0.0930 e. The third-order valence-corrected chi connectivity index (χ3v) is 2.47. The largest absolute Gasteiger partial charge is 0.382 e. The summed E-state index contributed by atoms with van der Waals surface area (Å²) in [5, 5.41) is 0. The van der Waals surface area contributed by atoms with Crippen molar-refractivity contribution in [1.29, 1.82) is 0 Å². The molecule has 0 amide bonds. The first-order valence-electron chi connectivity index (χ1n) is 6.15. The maximum atomic E-state index is 5.59. The summed E-state index contributed by atoms with van der Waals surface area (Å²) in [6, 6.07) is 0. The molecule has 0 rings (SSSR count). The molecule has 0 aromatic heterocycles. The van der Waals surface area contributed by atoms with Crippen molar-refractivity contribution >= 4 is 0 Å². The molecule has 0 radical (unpaired) electrons. The summed E-state index contributed by atoms with van der Waals surface area (Å²) in [5.41, 5.74) is 5.53. The van der Waals surface area contributed by atoms with Crippen LogP contribution in [0.5, 0.6) is 0 Å². The predicted molar refractivity (Wildman–Crippen MR) is 64.0 cm³/mol. The lowest BCUT2D eigenvalue weighted by molar-refractivity contribution is 0.00210. The van der Waals surface area contributed by atoms with Crippen molar-refractivity contribution in [3.8, 4) is 0 Å². The molecule has 0 saturated heterocycles. The molecule has 0 saturated carbocycles. The molecule has 92 valence electrons. The fraction of sp³-hybridized carbons (Fsp3) is 1.00. The molecular formula is C12H27NO2. The second-order valence-electron chi connectivity index (χ2n) is 3.95. The van der Waals surface area contributed by atoms with Crippen molar-refractivity contribution in [2.24, 2.45) is 5.73 Å². The molecule has 3 heteroatoms. The van der Waals surface area contributed by atoms with Crippen LogP contribution < -0.4 is 5.73 Å². The monoisotopic (exact) mass is 217 g/mol. The van der Waals surface area contributed by atoms with Crippen molar-refractivity contribution in [3.05, 3.63) is 0 Å². The van der Waals surface area contributed by atoms with Crippen molar-refractivity contribution in [1.82, 2.24) is 0 Å². The zero-order valence-electron chi connectivity index (χ0n) is 10.3. The molecule has 0 spiro atoms. The summed E-state index contributed by atoms with van der Waals surface area (Å²) in [6.07, 6.45) is 7.83. The zero-order chi connectivity index (χ0) is 11.4. The first-order chi connectivity index (χ1) is 7.35. The lowest BCUT2D eigenvalue weighted by Gasteiger charge is -2.14. The van der Waals surface area contributed by atoms with E-state index in [-0.39, 0.29) is 6.10 Å². The fourth-order valence-corrected chi connectivity index (χ4v) is 1.50. The third kappa shape index (κ3) is 10.2. The summed E-state index contributed by atoms with van der Waals surface area (Å²) >= 11 is 0. The van der Waals surface area contributed by atoms with Gasteiger partial charge in [-0.25, -0.2) is 0 Å². The Morgan fingerprint density at radius 3 is 2.33 bits per heavy atom. The second kappa shape index (κ2) is 12.0. The smallest absolute Gasteiger partial charge is 0.0930 e. The SMILES string of the molecule is CCCCCCCCOC(CN)COC. The van der Waals surface area contributed by atoms with Gasteiger partial charge < -0.3 is 15.2 Å². The van der Waals surface area contributed by atoms with Crippen LogP contribution >= 0.6 is 0 Å². The van der Waals surface area contributed by atoms with E-state index in [1.807, 2.05) is 0 Å². The average Bonchev–Trinajstić information content (AvgIpc) is 2.26. The van der Waals surface area contributed by atoms with Gasteiger partial charge in [-0.3, -0.25) is 0 Å². The van der Waals surface area contributed by atoms with Gasteiger partial charge in [-0.05, 0) is 6.42 Å². The van der Waals surface area contributed by atoms with Gasteiger partial charge in [-0.15, -0.1) is 0 Å². The van der Waals surface area contributed by atoms with E-state index in [9.17, 15) is 0 Å². The Kier molecular flexibility index (Phi) is 11.9. The van der Waals surface area contributed by atoms with E-state index in [4.69, 9.17) is 15.2 Å². The summed E-state index contributed by atoms with van der Waals surface area (Å²) in [7, 11) is 1.68. The Labute approximate surface area is 94.3 Å². The normalized spacial score (nSPS) is 13.0. The van der Waals surface area contributed by atoms with Crippen LogP contribution in [-0.4, -0.2) is 33.0 Å². The molecule has 0 aliphatic rings. The van der Waals surface area contributed by atoms with Crippen LogP contribution in [0, 0.1) is 0 Å². The molecule has 2 N–H and O–H groups in total. The molecule has 1 unspecified atom stereocenters. The summed E-state index contributed by atoms with van der Waals surface area (Å²) in [4.78, 5) is 0. The summed E-state index contributed by atoms with van der Waals surface area (Å²) < 4.78 is 10.6. The van der Waals surface area contributed by atoms with Gasteiger partial charge in [-0.2, -0.15) is 0 Å². The number of rotatable bonds is 11. The lowest BCUT2D eigenvalue weighted by atomic mass is 10.1. The van der Waals surface area contributed by atoms with E-state index in [2.05, 4.69) is 6.92 Å². The third-order valence-electron chi connectivity index (χ3n) is 2.47. The van der Waals surface area contributed by atoms with Gasteiger partial charge in [0.1, 0.15) is 0 Å². The Morgan fingerprint density at radius 1 is 1.07 bits per heavy atom. The number of ether oxygens (including phenoxy) is 2. The van der Waals surface area contributed by atoms with Gasteiger partial charge in [0.15, 0.2) is 0 Å². The average molecular weight is 217 g/mol. The van der Waals surface area contributed by atoms with Crippen molar-refractivity contribution in [2.75, 3.05) is 26.9 Å². The topological polar surface area (TPSA) is 44.5 Å². The highest BCUT2D eigenvalue weighted by atomic mass is 16.5. The van der Waals surface area contributed by atoms with Crippen LogP contribution in [-0.2, 0) is 9.47 Å². The number of nitrogens with two attached hydrogens (primary N) is 1. The van der Waals surface area contributed by atoms with Gasteiger partial charge >= 0.3 is 0 Å². The highest BCUT2D eigenvalue weighted by molar-refractivity contribution is 4.56. The molecular weight excluding hydrogens is 190 g/mol. The number of methoxy groups -OCH3 is 1. The van der Waals surface area contributed by atoms with Gasteiger partial charge in [0, 0.05) is 20.3 Å². The number of unbranched alkanes of at least 4 members (excludes halogenated alkanes) is 5. The van der Waals surface area contributed by atoms with Crippen LogP contribution in [0.1, 0.15) is 45.4 Å². The Morgan fingerprint density at radius 2 is 1.73 bits per heavy atom. The molecule has 0 aromatic rings. The molecule has 15 heavy (non-hydrogen) atoms.